The van der Waals surface area contributed by atoms with E-state index in [0.29, 0.717) is 17.9 Å². The van der Waals surface area contributed by atoms with Gasteiger partial charge in [-0.2, -0.15) is 0 Å². The molecule has 0 aliphatic rings. The second-order valence-corrected chi connectivity index (χ2v) is 3.73. The van der Waals surface area contributed by atoms with Crippen LogP contribution in [0.1, 0.15) is 0 Å². The van der Waals surface area contributed by atoms with Gasteiger partial charge < -0.3 is 11.1 Å². The molecule has 0 saturated carbocycles. The molecule has 0 fully saturated rings. The SMILES string of the molecule is C=C(Br)CNc1ccc(N)cc1F. The van der Waals surface area contributed by atoms with Gasteiger partial charge in [-0.15, -0.1) is 0 Å². The van der Waals surface area contributed by atoms with Crippen LogP contribution in [0, 0.1) is 5.82 Å². The van der Waals surface area contributed by atoms with Crippen molar-refractivity contribution >= 4 is 27.3 Å². The number of nitrogens with two attached hydrogens (primary N) is 1. The van der Waals surface area contributed by atoms with Gasteiger partial charge in [0.25, 0.3) is 0 Å². The molecule has 4 heteroatoms. The lowest BCUT2D eigenvalue weighted by Crippen LogP contribution is -2.02. The molecule has 0 amide bonds. The van der Waals surface area contributed by atoms with Gasteiger partial charge in [-0.1, -0.05) is 22.5 Å². The van der Waals surface area contributed by atoms with Crippen molar-refractivity contribution in [2.24, 2.45) is 0 Å². The van der Waals surface area contributed by atoms with E-state index in [0.717, 1.165) is 4.48 Å². The zero-order valence-corrected chi connectivity index (χ0v) is 8.57. The van der Waals surface area contributed by atoms with Crippen LogP contribution in [0.5, 0.6) is 0 Å². The van der Waals surface area contributed by atoms with Gasteiger partial charge in [0.15, 0.2) is 0 Å². The third-order valence-electron chi connectivity index (χ3n) is 1.46. The molecule has 0 radical (unpaired) electrons. The molecule has 1 aromatic carbocycles. The van der Waals surface area contributed by atoms with Gasteiger partial charge in [-0.05, 0) is 18.2 Å². The third kappa shape index (κ3) is 3.06. The minimum atomic E-state index is -0.353. The third-order valence-corrected chi connectivity index (χ3v) is 1.74. The Morgan fingerprint density at radius 2 is 2.31 bits per heavy atom. The Labute approximate surface area is 84.8 Å². The molecule has 13 heavy (non-hydrogen) atoms. The van der Waals surface area contributed by atoms with Crippen LogP contribution in [-0.2, 0) is 0 Å². The first kappa shape index (κ1) is 10.1. The summed E-state index contributed by atoms with van der Waals surface area (Å²) in [6.45, 7) is 4.11. The van der Waals surface area contributed by atoms with Crippen LogP contribution in [-0.4, -0.2) is 6.54 Å². The second kappa shape index (κ2) is 4.28. The van der Waals surface area contributed by atoms with Crippen LogP contribution in [0.4, 0.5) is 15.8 Å². The maximum Gasteiger partial charge on any atom is 0.148 e. The fraction of sp³-hybridized carbons (Fsp3) is 0.111. The maximum absolute atomic E-state index is 13.1. The van der Waals surface area contributed by atoms with E-state index < -0.39 is 0 Å². The molecule has 0 aromatic heterocycles. The number of benzene rings is 1. The molecule has 0 atom stereocenters. The highest BCUT2D eigenvalue weighted by molar-refractivity contribution is 9.11. The normalized spacial score (nSPS) is 9.69. The first-order valence-corrected chi connectivity index (χ1v) is 4.51. The van der Waals surface area contributed by atoms with Crippen molar-refractivity contribution in [1.29, 1.82) is 0 Å². The Morgan fingerprint density at radius 3 is 2.85 bits per heavy atom. The number of hydrogen-bond donors (Lipinski definition) is 2. The van der Waals surface area contributed by atoms with Gasteiger partial charge in [0, 0.05) is 16.7 Å². The number of halogens is 2. The molecule has 0 aliphatic carbocycles. The average molecular weight is 245 g/mol. The standard InChI is InChI=1S/C9H10BrFN2/c1-6(10)5-13-9-3-2-7(12)4-8(9)11/h2-4,13H,1,5,12H2. The zero-order chi connectivity index (χ0) is 9.84. The zero-order valence-electron chi connectivity index (χ0n) is 6.98. The summed E-state index contributed by atoms with van der Waals surface area (Å²) in [6, 6.07) is 4.52. The average Bonchev–Trinajstić information content (AvgIpc) is 2.02. The van der Waals surface area contributed by atoms with Crippen molar-refractivity contribution in [3.63, 3.8) is 0 Å². The monoisotopic (exact) mass is 244 g/mol. The lowest BCUT2D eigenvalue weighted by atomic mass is 10.2. The minimum Gasteiger partial charge on any atom is -0.399 e. The summed E-state index contributed by atoms with van der Waals surface area (Å²) in [6.07, 6.45) is 0. The summed E-state index contributed by atoms with van der Waals surface area (Å²) >= 11 is 3.17. The highest BCUT2D eigenvalue weighted by Crippen LogP contribution is 2.17. The van der Waals surface area contributed by atoms with E-state index >= 15 is 0 Å². The van der Waals surface area contributed by atoms with E-state index in [1.54, 1.807) is 12.1 Å². The molecule has 0 unspecified atom stereocenters. The van der Waals surface area contributed by atoms with E-state index in [4.69, 9.17) is 5.73 Å². The van der Waals surface area contributed by atoms with Crippen molar-refractivity contribution in [2.75, 3.05) is 17.6 Å². The first-order chi connectivity index (χ1) is 6.09. The Morgan fingerprint density at radius 1 is 1.62 bits per heavy atom. The minimum absolute atomic E-state index is 0.353. The molecule has 1 rings (SSSR count). The van der Waals surface area contributed by atoms with E-state index in [9.17, 15) is 4.39 Å². The number of nitrogens with one attached hydrogen (secondary N) is 1. The van der Waals surface area contributed by atoms with Crippen molar-refractivity contribution in [2.45, 2.75) is 0 Å². The number of anilines is 2. The Kier molecular flexibility index (Phi) is 3.31. The molecule has 0 aliphatic heterocycles. The van der Waals surface area contributed by atoms with Crippen molar-refractivity contribution in [3.8, 4) is 0 Å². The molecule has 0 heterocycles. The van der Waals surface area contributed by atoms with Gasteiger partial charge in [-0.3, -0.25) is 0 Å². The summed E-state index contributed by atoms with van der Waals surface area (Å²) in [7, 11) is 0. The Hall–Kier alpha value is -1.03. The molecule has 0 saturated heterocycles. The van der Waals surface area contributed by atoms with E-state index in [1.165, 1.54) is 6.07 Å². The van der Waals surface area contributed by atoms with Crippen LogP contribution < -0.4 is 11.1 Å². The first-order valence-electron chi connectivity index (χ1n) is 3.72. The fourth-order valence-electron chi connectivity index (χ4n) is 0.866. The number of nitrogen functional groups attached to an aromatic ring is 1. The van der Waals surface area contributed by atoms with Crippen molar-refractivity contribution < 1.29 is 4.39 Å². The summed E-state index contributed by atoms with van der Waals surface area (Å²) < 4.78 is 13.9. The Balaban J connectivity index is 2.72. The molecule has 1 aromatic rings. The van der Waals surface area contributed by atoms with Gasteiger partial charge in [-0.25, -0.2) is 4.39 Å². The van der Waals surface area contributed by atoms with Gasteiger partial charge in [0.1, 0.15) is 5.82 Å². The van der Waals surface area contributed by atoms with Gasteiger partial charge in [0.05, 0.1) is 5.69 Å². The van der Waals surface area contributed by atoms with Crippen LogP contribution in [0.15, 0.2) is 29.3 Å². The highest BCUT2D eigenvalue weighted by Gasteiger charge is 2.00. The number of hydrogen-bond acceptors (Lipinski definition) is 2. The quantitative estimate of drug-likeness (QED) is 0.803. The highest BCUT2D eigenvalue weighted by atomic mass is 79.9. The molecule has 0 spiro atoms. The molecule has 70 valence electrons. The van der Waals surface area contributed by atoms with E-state index in [1.807, 2.05) is 0 Å². The maximum atomic E-state index is 13.1. The fourth-order valence-corrected chi connectivity index (χ4v) is 1.01. The van der Waals surface area contributed by atoms with Crippen LogP contribution >= 0.6 is 15.9 Å². The van der Waals surface area contributed by atoms with Crippen LogP contribution in [0.25, 0.3) is 0 Å². The summed E-state index contributed by atoms with van der Waals surface area (Å²) in [5.74, 6) is -0.353. The number of rotatable bonds is 3. The predicted octanol–water partition coefficient (Wildman–Crippen LogP) is 2.73. The summed E-state index contributed by atoms with van der Waals surface area (Å²) in [5, 5.41) is 2.86. The molecule has 3 N–H and O–H groups in total. The lowest BCUT2D eigenvalue weighted by Gasteiger charge is -2.06. The predicted molar refractivity (Wildman–Crippen MR) is 57.4 cm³/mol. The topological polar surface area (TPSA) is 38.0 Å². The largest absolute Gasteiger partial charge is 0.399 e. The van der Waals surface area contributed by atoms with Crippen LogP contribution in [0.3, 0.4) is 0 Å². The molecule has 0 bridgehead atoms. The summed E-state index contributed by atoms with van der Waals surface area (Å²) in [5.41, 5.74) is 6.23. The molecule has 2 nitrogen and oxygen atoms in total. The summed E-state index contributed by atoms with van der Waals surface area (Å²) in [4.78, 5) is 0. The van der Waals surface area contributed by atoms with Gasteiger partial charge >= 0.3 is 0 Å². The Bertz CT molecular complexity index is 325. The van der Waals surface area contributed by atoms with Gasteiger partial charge in [0.2, 0.25) is 0 Å². The van der Waals surface area contributed by atoms with Crippen molar-refractivity contribution in [1.82, 2.24) is 0 Å². The molecular formula is C9H10BrFN2. The van der Waals surface area contributed by atoms with E-state index in [-0.39, 0.29) is 5.82 Å². The van der Waals surface area contributed by atoms with Crippen LogP contribution in [0.2, 0.25) is 0 Å². The lowest BCUT2D eigenvalue weighted by molar-refractivity contribution is 0.631. The molecular weight excluding hydrogens is 235 g/mol. The second-order valence-electron chi connectivity index (χ2n) is 2.61. The van der Waals surface area contributed by atoms with Crippen molar-refractivity contribution in [3.05, 3.63) is 35.1 Å². The van der Waals surface area contributed by atoms with E-state index in [2.05, 4.69) is 27.8 Å². The smallest absolute Gasteiger partial charge is 0.148 e.